The lowest BCUT2D eigenvalue weighted by Crippen LogP contribution is -2.37. The van der Waals surface area contributed by atoms with Gasteiger partial charge in [0, 0.05) is 12.6 Å². The highest BCUT2D eigenvalue weighted by Gasteiger charge is 2.44. The number of carbonyl (C=O) groups excluding carboxylic acids is 1. The fourth-order valence-corrected chi connectivity index (χ4v) is 2.69. The van der Waals surface area contributed by atoms with Gasteiger partial charge in [-0.05, 0) is 51.7 Å². The highest BCUT2D eigenvalue weighted by atomic mass is 19.3. The first-order chi connectivity index (χ1) is 10.6. The van der Waals surface area contributed by atoms with Gasteiger partial charge in [0.15, 0.2) is 11.5 Å². The van der Waals surface area contributed by atoms with E-state index in [9.17, 15) is 13.6 Å². The minimum absolute atomic E-state index is 0.000196. The highest BCUT2D eigenvalue weighted by molar-refractivity contribution is 5.90. The van der Waals surface area contributed by atoms with Crippen molar-refractivity contribution in [3.05, 3.63) is 17.7 Å². The predicted molar refractivity (Wildman–Crippen MR) is 79.2 cm³/mol. The largest absolute Gasteiger partial charge is 0.586 e. The van der Waals surface area contributed by atoms with E-state index < -0.39 is 18.0 Å². The molecule has 0 unspecified atom stereocenters. The van der Waals surface area contributed by atoms with E-state index in [0.29, 0.717) is 18.7 Å². The van der Waals surface area contributed by atoms with E-state index >= 15 is 0 Å². The van der Waals surface area contributed by atoms with Crippen LogP contribution >= 0.6 is 0 Å². The SMILES string of the molecule is CC(C)(C)OC(=O)N1CCCCc2cc3c(cc21)OC(F)(F)O3. The van der Waals surface area contributed by atoms with Gasteiger partial charge in [0.2, 0.25) is 0 Å². The second-order valence-corrected chi connectivity index (χ2v) is 6.68. The number of amides is 1. The maximum Gasteiger partial charge on any atom is 0.586 e. The molecule has 3 rings (SSSR count). The fraction of sp³-hybridized carbons (Fsp3) is 0.562. The van der Waals surface area contributed by atoms with Crippen molar-refractivity contribution < 1.29 is 27.8 Å². The number of anilines is 1. The lowest BCUT2D eigenvalue weighted by atomic mass is 10.1. The molecule has 0 fully saturated rings. The third-order valence-corrected chi connectivity index (χ3v) is 3.59. The van der Waals surface area contributed by atoms with Gasteiger partial charge in [-0.25, -0.2) is 4.79 Å². The Morgan fingerprint density at radius 1 is 1.22 bits per heavy atom. The molecule has 1 aromatic rings. The number of rotatable bonds is 0. The molecule has 0 bridgehead atoms. The second-order valence-electron chi connectivity index (χ2n) is 6.68. The summed E-state index contributed by atoms with van der Waals surface area (Å²) >= 11 is 0. The number of aryl methyl sites for hydroxylation is 1. The molecular formula is C16H19F2NO4. The number of benzene rings is 1. The number of hydrogen-bond acceptors (Lipinski definition) is 4. The van der Waals surface area contributed by atoms with E-state index in [1.807, 2.05) is 0 Å². The zero-order valence-electron chi connectivity index (χ0n) is 13.3. The van der Waals surface area contributed by atoms with Gasteiger partial charge in [0.1, 0.15) is 5.60 Å². The van der Waals surface area contributed by atoms with Crippen molar-refractivity contribution in [1.82, 2.24) is 0 Å². The highest BCUT2D eigenvalue weighted by Crippen LogP contribution is 2.45. The van der Waals surface area contributed by atoms with E-state index in [1.165, 1.54) is 17.0 Å². The van der Waals surface area contributed by atoms with Crippen molar-refractivity contribution in [3.63, 3.8) is 0 Å². The van der Waals surface area contributed by atoms with E-state index in [4.69, 9.17) is 4.74 Å². The van der Waals surface area contributed by atoms with E-state index in [0.717, 1.165) is 18.4 Å². The molecular weight excluding hydrogens is 308 g/mol. The van der Waals surface area contributed by atoms with Crippen molar-refractivity contribution >= 4 is 11.8 Å². The Hall–Kier alpha value is -2.05. The van der Waals surface area contributed by atoms with Crippen molar-refractivity contribution in [3.8, 4) is 11.5 Å². The first kappa shape index (κ1) is 15.8. The zero-order chi connectivity index (χ0) is 16.8. The molecule has 0 N–H and O–H groups in total. The van der Waals surface area contributed by atoms with Crippen LogP contribution in [-0.4, -0.2) is 24.5 Å². The van der Waals surface area contributed by atoms with Crippen LogP contribution in [0.15, 0.2) is 12.1 Å². The van der Waals surface area contributed by atoms with Gasteiger partial charge in [-0.2, -0.15) is 0 Å². The molecule has 0 spiro atoms. The molecule has 0 aliphatic carbocycles. The lowest BCUT2D eigenvalue weighted by molar-refractivity contribution is -0.286. The molecule has 2 aliphatic rings. The summed E-state index contributed by atoms with van der Waals surface area (Å²) in [6.45, 7) is 5.81. The molecule has 23 heavy (non-hydrogen) atoms. The molecule has 0 radical (unpaired) electrons. The van der Waals surface area contributed by atoms with Crippen LogP contribution in [0.3, 0.4) is 0 Å². The molecule has 2 aliphatic heterocycles. The monoisotopic (exact) mass is 327 g/mol. The average Bonchev–Trinajstić information content (AvgIpc) is 2.55. The molecule has 0 atom stereocenters. The first-order valence-electron chi connectivity index (χ1n) is 7.58. The Kier molecular flexibility index (Phi) is 3.61. The topological polar surface area (TPSA) is 48.0 Å². The van der Waals surface area contributed by atoms with Crippen LogP contribution in [0.1, 0.15) is 39.2 Å². The molecule has 7 heteroatoms. The van der Waals surface area contributed by atoms with Gasteiger partial charge in [-0.15, -0.1) is 8.78 Å². The summed E-state index contributed by atoms with van der Waals surface area (Å²) in [6, 6.07) is 2.95. The first-order valence-corrected chi connectivity index (χ1v) is 7.58. The number of nitrogens with zero attached hydrogens (tertiary/aromatic N) is 1. The molecule has 5 nitrogen and oxygen atoms in total. The maximum absolute atomic E-state index is 13.2. The van der Waals surface area contributed by atoms with E-state index in [1.54, 1.807) is 20.8 Å². The summed E-state index contributed by atoms with van der Waals surface area (Å²) in [5.74, 6) is -0.0657. The van der Waals surface area contributed by atoms with Crippen molar-refractivity contribution in [1.29, 1.82) is 0 Å². The number of hydrogen-bond donors (Lipinski definition) is 0. The van der Waals surface area contributed by atoms with Crippen LogP contribution in [-0.2, 0) is 11.2 Å². The van der Waals surface area contributed by atoms with Gasteiger partial charge in [-0.3, -0.25) is 4.90 Å². The Morgan fingerprint density at radius 2 is 1.87 bits per heavy atom. The summed E-state index contributed by atoms with van der Waals surface area (Å²) in [5, 5.41) is 0. The third kappa shape index (κ3) is 3.33. The second kappa shape index (κ2) is 5.25. The van der Waals surface area contributed by atoms with E-state index in [-0.39, 0.29) is 11.5 Å². The van der Waals surface area contributed by atoms with Crippen molar-refractivity contribution in [2.24, 2.45) is 0 Å². The lowest BCUT2D eigenvalue weighted by Gasteiger charge is -2.27. The van der Waals surface area contributed by atoms with Crippen molar-refractivity contribution in [2.75, 3.05) is 11.4 Å². The maximum atomic E-state index is 13.2. The standard InChI is InChI=1S/C16H19F2NO4/c1-15(2,3)23-14(20)19-7-5-4-6-10-8-12-13(9-11(10)19)22-16(17,18)21-12/h8-9H,4-7H2,1-3H3. The van der Waals surface area contributed by atoms with Gasteiger partial charge in [0.05, 0.1) is 5.69 Å². The number of halogens is 2. The average molecular weight is 327 g/mol. The third-order valence-electron chi connectivity index (χ3n) is 3.59. The number of carbonyl (C=O) groups is 1. The molecule has 1 amide bonds. The van der Waals surface area contributed by atoms with Crippen LogP contribution < -0.4 is 14.4 Å². The Labute approximate surface area is 133 Å². The van der Waals surface area contributed by atoms with E-state index in [2.05, 4.69) is 9.47 Å². The Balaban J connectivity index is 1.96. The van der Waals surface area contributed by atoms with Crippen LogP contribution in [0.2, 0.25) is 0 Å². The number of alkyl halides is 2. The van der Waals surface area contributed by atoms with Gasteiger partial charge in [0.25, 0.3) is 0 Å². The zero-order valence-corrected chi connectivity index (χ0v) is 13.3. The minimum atomic E-state index is -3.67. The summed E-state index contributed by atoms with van der Waals surface area (Å²) in [4.78, 5) is 13.9. The van der Waals surface area contributed by atoms with Crippen LogP contribution in [0.25, 0.3) is 0 Å². The molecule has 2 heterocycles. The summed E-state index contributed by atoms with van der Waals surface area (Å²) in [5.41, 5.74) is 0.678. The molecule has 126 valence electrons. The Bertz CT molecular complexity index is 640. The number of ether oxygens (including phenoxy) is 3. The molecule has 0 aromatic heterocycles. The van der Waals surface area contributed by atoms with Gasteiger partial charge in [-0.1, -0.05) is 0 Å². The van der Waals surface area contributed by atoms with Crippen LogP contribution in [0, 0.1) is 0 Å². The normalized spacial score (nSPS) is 19.1. The molecule has 0 saturated carbocycles. The Morgan fingerprint density at radius 3 is 2.52 bits per heavy atom. The van der Waals surface area contributed by atoms with Crippen molar-refractivity contribution in [2.45, 2.75) is 51.9 Å². The summed E-state index contributed by atoms with van der Waals surface area (Å²) < 4.78 is 40.9. The molecule has 1 aromatic carbocycles. The smallest absolute Gasteiger partial charge is 0.443 e. The number of fused-ring (bicyclic) bond motifs is 2. The molecule has 0 saturated heterocycles. The minimum Gasteiger partial charge on any atom is -0.443 e. The summed E-state index contributed by atoms with van der Waals surface area (Å²) in [7, 11) is 0. The van der Waals surface area contributed by atoms with Gasteiger partial charge >= 0.3 is 12.4 Å². The fourth-order valence-electron chi connectivity index (χ4n) is 2.69. The van der Waals surface area contributed by atoms with Gasteiger partial charge < -0.3 is 14.2 Å². The predicted octanol–water partition coefficient (Wildman–Crippen LogP) is 4.09. The quantitative estimate of drug-likeness (QED) is 0.720. The summed E-state index contributed by atoms with van der Waals surface area (Å²) in [6.07, 6.45) is -1.83. The van der Waals surface area contributed by atoms with Crippen LogP contribution in [0.4, 0.5) is 19.3 Å². The van der Waals surface area contributed by atoms with Crippen LogP contribution in [0.5, 0.6) is 11.5 Å².